The number of nitrogens with zero attached hydrogens (tertiary/aromatic N) is 1. The first-order valence-corrected chi connectivity index (χ1v) is 8.02. The maximum Gasteiger partial charge on any atom is 0.227 e. The van der Waals surface area contributed by atoms with Gasteiger partial charge in [0.15, 0.2) is 0 Å². The van der Waals surface area contributed by atoms with E-state index in [0.29, 0.717) is 13.0 Å². The minimum Gasteiger partial charge on any atom is -0.352 e. The van der Waals surface area contributed by atoms with Gasteiger partial charge in [0, 0.05) is 25.2 Å². The molecular formula is C19H19FN2O2. The van der Waals surface area contributed by atoms with E-state index in [4.69, 9.17) is 0 Å². The van der Waals surface area contributed by atoms with E-state index in [1.165, 1.54) is 12.1 Å². The van der Waals surface area contributed by atoms with Crippen molar-refractivity contribution in [2.24, 2.45) is 0 Å². The van der Waals surface area contributed by atoms with E-state index in [1.807, 2.05) is 24.3 Å². The van der Waals surface area contributed by atoms with Crippen LogP contribution in [0.3, 0.4) is 0 Å². The fraction of sp³-hybridized carbons (Fsp3) is 0.263. The van der Waals surface area contributed by atoms with Gasteiger partial charge in [0.25, 0.3) is 0 Å². The summed E-state index contributed by atoms with van der Waals surface area (Å²) in [5, 5.41) is 2.78. The third-order valence-electron chi connectivity index (χ3n) is 4.06. The van der Waals surface area contributed by atoms with Gasteiger partial charge in [0.1, 0.15) is 5.82 Å². The summed E-state index contributed by atoms with van der Waals surface area (Å²) in [5.41, 5.74) is 2.48. The molecule has 124 valence electrons. The summed E-state index contributed by atoms with van der Waals surface area (Å²) in [5.74, 6) is -0.284. The predicted molar refractivity (Wildman–Crippen MR) is 90.0 cm³/mol. The number of nitrogens with one attached hydrogen (secondary N) is 1. The number of halogens is 1. The fourth-order valence-electron chi connectivity index (χ4n) is 2.81. The van der Waals surface area contributed by atoms with E-state index in [2.05, 4.69) is 5.32 Å². The molecule has 0 bridgehead atoms. The first-order chi connectivity index (χ1) is 11.6. The van der Waals surface area contributed by atoms with Crippen LogP contribution in [0.15, 0.2) is 48.5 Å². The molecule has 1 aliphatic rings. The van der Waals surface area contributed by atoms with Crippen LogP contribution in [0.2, 0.25) is 0 Å². The molecule has 3 rings (SSSR count). The van der Waals surface area contributed by atoms with Crippen LogP contribution in [0.4, 0.5) is 10.1 Å². The van der Waals surface area contributed by atoms with Gasteiger partial charge in [-0.3, -0.25) is 9.59 Å². The van der Waals surface area contributed by atoms with E-state index >= 15 is 0 Å². The van der Waals surface area contributed by atoms with Gasteiger partial charge in [0.2, 0.25) is 11.8 Å². The molecule has 24 heavy (non-hydrogen) atoms. The van der Waals surface area contributed by atoms with Crippen LogP contribution in [0.5, 0.6) is 0 Å². The molecule has 0 spiro atoms. The Kier molecular flexibility index (Phi) is 4.89. The summed E-state index contributed by atoms with van der Waals surface area (Å²) in [7, 11) is 0. The Hall–Kier alpha value is -2.69. The van der Waals surface area contributed by atoms with E-state index in [9.17, 15) is 14.0 Å². The Labute approximate surface area is 140 Å². The van der Waals surface area contributed by atoms with Crippen molar-refractivity contribution in [1.29, 1.82) is 0 Å². The summed E-state index contributed by atoms with van der Waals surface area (Å²) in [6.07, 6.45) is 1.75. The second-order valence-electron chi connectivity index (χ2n) is 5.90. The first-order valence-electron chi connectivity index (χ1n) is 8.02. The summed E-state index contributed by atoms with van der Waals surface area (Å²) < 4.78 is 13.1. The molecule has 0 aromatic heterocycles. The van der Waals surface area contributed by atoms with E-state index in [-0.39, 0.29) is 24.1 Å². The standard InChI is InChI=1S/C19H19FN2O2/c20-16-4-1-3-15(11-16)13-21-18(23)12-14-6-8-17(9-7-14)22-10-2-5-19(22)24/h1,3-4,6-9,11H,2,5,10,12-13H2,(H,21,23). The zero-order valence-electron chi connectivity index (χ0n) is 13.3. The average molecular weight is 326 g/mol. The lowest BCUT2D eigenvalue weighted by Crippen LogP contribution is -2.25. The molecular weight excluding hydrogens is 307 g/mol. The number of anilines is 1. The molecule has 1 saturated heterocycles. The highest BCUT2D eigenvalue weighted by atomic mass is 19.1. The number of rotatable bonds is 5. The Morgan fingerprint density at radius 2 is 1.92 bits per heavy atom. The van der Waals surface area contributed by atoms with Crippen LogP contribution in [0, 0.1) is 5.82 Å². The van der Waals surface area contributed by atoms with Crippen molar-refractivity contribution < 1.29 is 14.0 Å². The van der Waals surface area contributed by atoms with Crippen molar-refractivity contribution in [3.63, 3.8) is 0 Å². The Morgan fingerprint density at radius 3 is 2.58 bits per heavy atom. The zero-order chi connectivity index (χ0) is 16.9. The highest BCUT2D eigenvalue weighted by Crippen LogP contribution is 2.21. The van der Waals surface area contributed by atoms with Crippen LogP contribution in [-0.2, 0) is 22.6 Å². The van der Waals surface area contributed by atoms with Crippen molar-refractivity contribution in [3.8, 4) is 0 Å². The number of hydrogen-bond acceptors (Lipinski definition) is 2. The summed E-state index contributed by atoms with van der Waals surface area (Å²) in [6, 6.07) is 13.6. The molecule has 0 aliphatic carbocycles. The SMILES string of the molecule is O=C(Cc1ccc(N2CCCC2=O)cc1)NCc1cccc(F)c1. The monoisotopic (exact) mass is 326 g/mol. The maximum absolute atomic E-state index is 13.1. The van der Waals surface area contributed by atoms with Gasteiger partial charge in [0.05, 0.1) is 6.42 Å². The number of benzene rings is 2. The molecule has 1 fully saturated rings. The van der Waals surface area contributed by atoms with E-state index < -0.39 is 0 Å². The highest BCUT2D eigenvalue weighted by Gasteiger charge is 2.21. The van der Waals surface area contributed by atoms with Crippen LogP contribution in [-0.4, -0.2) is 18.4 Å². The normalized spacial score (nSPS) is 14.0. The van der Waals surface area contributed by atoms with Gasteiger partial charge in [-0.15, -0.1) is 0 Å². The van der Waals surface area contributed by atoms with Crippen molar-refractivity contribution in [2.45, 2.75) is 25.8 Å². The topological polar surface area (TPSA) is 49.4 Å². The van der Waals surface area contributed by atoms with Crippen molar-refractivity contribution in [2.75, 3.05) is 11.4 Å². The van der Waals surface area contributed by atoms with Gasteiger partial charge in [-0.2, -0.15) is 0 Å². The zero-order valence-corrected chi connectivity index (χ0v) is 13.3. The van der Waals surface area contributed by atoms with Gasteiger partial charge in [-0.05, 0) is 41.8 Å². The van der Waals surface area contributed by atoms with E-state index in [0.717, 1.165) is 29.8 Å². The van der Waals surface area contributed by atoms with Crippen LogP contribution in [0.1, 0.15) is 24.0 Å². The lowest BCUT2D eigenvalue weighted by molar-refractivity contribution is -0.120. The molecule has 2 aromatic rings. The van der Waals surface area contributed by atoms with Crippen LogP contribution >= 0.6 is 0 Å². The Bertz CT molecular complexity index is 743. The molecule has 0 unspecified atom stereocenters. The Balaban J connectivity index is 1.53. The minimum atomic E-state index is -0.311. The molecule has 0 radical (unpaired) electrons. The predicted octanol–water partition coefficient (Wildman–Crippen LogP) is 2.81. The third kappa shape index (κ3) is 3.98. The molecule has 4 nitrogen and oxygen atoms in total. The fourth-order valence-corrected chi connectivity index (χ4v) is 2.81. The molecule has 1 heterocycles. The summed E-state index contributed by atoms with van der Waals surface area (Å²) >= 11 is 0. The van der Waals surface area contributed by atoms with Crippen molar-refractivity contribution >= 4 is 17.5 Å². The molecule has 1 aliphatic heterocycles. The molecule has 5 heteroatoms. The minimum absolute atomic E-state index is 0.121. The summed E-state index contributed by atoms with van der Waals surface area (Å²) in [4.78, 5) is 25.5. The lowest BCUT2D eigenvalue weighted by atomic mass is 10.1. The average Bonchev–Trinajstić information content (AvgIpc) is 3.00. The van der Waals surface area contributed by atoms with Gasteiger partial charge >= 0.3 is 0 Å². The van der Waals surface area contributed by atoms with Crippen LogP contribution in [0.25, 0.3) is 0 Å². The molecule has 0 atom stereocenters. The molecule has 2 aromatic carbocycles. The molecule has 2 amide bonds. The second-order valence-corrected chi connectivity index (χ2v) is 5.90. The molecule has 0 saturated carbocycles. The van der Waals surface area contributed by atoms with E-state index in [1.54, 1.807) is 17.0 Å². The first kappa shape index (κ1) is 16.2. The van der Waals surface area contributed by atoms with Gasteiger partial charge < -0.3 is 10.2 Å². The van der Waals surface area contributed by atoms with Gasteiger partial charge in [-0.25, -0.2) is 4.39 Å². The second kappa shape index (κ2) is 7.25. The van der Waals surface area contributed by atoms with Crippen LogP contribution < -0.4 is 10.2 Å². The number of hydrogen-bond donors (Lipinski definition) is 1. The highest BCUT2D eigenvalue weighted by molar-refractivity contribution is 5.95. The lowest BCUT2D eigenvalue weighted by Gasteiger charge is -2.15. The Morgan fingerprint density at radius 1 is 1.12 bits per heavy atom. The number of carbonyl (C=O) groups excluding carboxylic acids is 2. The quantitative estimate of drug-likeness (QED) is 0.918. The molecule has 1 N–H and O–H groups in total. The largest absolute Gasteiger partial charge is 0.352 e. The summed E-state index contributed by atoms with van der Waals surface area (Å²) in [6.45, 7) is 1.06. The van der Waals surface area contributed by atoms with Gasteiger partial charge in [-0.1, -0.05) is 24.3 Å². The third-order valence-corrected chi connectivity index (χ3v) is 4.06. The van der Waals surface area contributed by atoms with Crippen molar-refractivity contribution in [3.05, 3.63) is 65.5 Å². The smallest absolute Gasteiger partial charge is 0.227 e. The number of carbonyl (C=O) groups is 2. The maximum atomic E-state index is 13.1. The van der Waals surface area contributed by atoms with Crippen molar-refractivity contribution in [1.82, 2.24) is 5.32 Å². The number of amides is 2.